The van der Waals surface area contributed by atoms with Crippen molar-refractivity contribution in [3.63, 3.8) is 0 Å². The summed E-state index contributed by atoms with van der Waals surface area (Å²) in [5.74, 6) is -0.763. The van der Waals surface area contributed by atoms with Gasteiger partial charge in [0, 0.05) is 6.54 Å². The zero-order valence-electron chi connectivity index (χ0n) is 10.8. The molecule has 2 N–H and O–H groups in total. The third-order valence-corrected chi connectivity index (χ3v) is 2.98. The molecule has 0 aliphatic rings. The van der Waals surface area contributed by atoms with Crippen LogP contribution in [0.4, 0.5) is 0 Å². The van der Waals surface area contributed by atoms with E-state index in [0.29, 0.717) is 6.54 Å². The molecule has 1 aromatic carbocycles. The smallest absolute Gasteiger partial charge is 0.310 e. The number of hydrogen-bond acceptors (Lipinski definition) is 2. The third kappa shape index (κ3) is 4.19. The van der Waals surface area contributed by atoms with Gasteiger partial charge in [0.05, 0.1) is 5.41 Å². The maximum Gasteiger partial charge on any atom is 0.310 e. The van der Waals surface area contributed by atoms with E-state index in [1.165, 1.54) is 11.1 Å². The second-order valence-electron chi connectivity index (χ2n) is 5.04. The number of carboxylic acid groups (broad SMARTS) is 1. The van der Waals surface area contributed by atoms with E-state index in [4.69, 9.17) is 5.11 Å². The van der Waals surface area contributed by atoms with Gasteiger partial charge in [-0.3, -0.25) is 4.79 Å². The van der Waals surface area contributed by atoms with Gasteiger partial charge in [0.15, 0.2) is 0 Å². The van der Waals surface area contributed by atoms with Crippen molar-refractivity contribution in [1.82, 2.24) is 5.32 Å². The quantitative estimate of drug-likeness (QED) is 0.743. The van der Waals surface area contributed by atoms with Crippen LogP contribution in [0.1, 0.15) is 25.0 Å². The molecule has 0 unspecified atom stereocenters. The predicted molar refractivity (Wildman–Crippen MR) is 69.2 cm³/mol. The Kier molecular flexibility index (Phi) is 4.70. The highest BCUT2D eigenvalue weighted by molar-refractivity contribution is 5.73. The largest absolute Gasteiger partial charge is 0.481 e. The maximum absolute atomic E-state index is 10.9. The van der Waals surface area contributed by atoms with Gasteiger partial charge in [0.2, 0.25) is 0 Å². The van der Waals surface area contributed by atoms with Crippen molar-refractivity contribution in [2.24, 2.45) is 5.41 Å². The van der Waals surface area contributed by atoms with Crippen LogP contribution in [0, 0.1) is 12.3 Å². The first-order valence-corrected chi connectivity index (χ1v) is 5.92. The molecule has 0 saturated carbocycles. The molecule has 0 aliphatic carbocycles. The van der Waals surface area contributed by atoms with E-state index < -0.39 is 11.4 Å². The second-order valence-corrected chi connectivity index (χ2v) is 5.04. The highest BCUT2D eigenvalue weighted by Gasteiger charge is 2.26. The molecule has 3 nitrogen and oxygen atoms in total. The Bertz CT molecular complexity index is 386. The molecule has 1 rings (SSSR count). The first-order chi connectivity index (χ1) is 7.93. The lowest BCUT2D eigenvalue weighted by molar-refractivity contribution is -0.146. The molecule has 0 amide bonds. The second kappa shape index (κ2) is 5.82. The number of carbonyl (C=O) groups is 1. The van der Waals surface area contributed by atoms with E-state index in [-0.39, 0.29) is 0 Å². The molecular weight excluding hydrogens is 214 g/mol. The molecule has 0 atom stereocenters. The van der Waals surface area contributed by atoms with E-state index in [0.717, 1.165) is 13.0 Å². The van der Waals surface area contributed by atoms with E-state index >= 15 is 0 Å². The molecule has 0 heterocycles. The summed E-state index contributed by atoms with van der Waals surface area (Å²) < 4.78 is 0. The summed E-state index contributed by atoms with van der Waals surface area (Å²) in [6, 6.07) is 8.26. The number of aryl methyl sites for hydroxylation is 1. The van der Waals surface area contributed by atoms with Crippen LogP contribution in [0.15, 0.2) is 24.3 Å². The Morgan fingerprint density at radius 1 is 1.35 bits per heavy atom. The fourth-order valence-corrected chi connectivity index (χ4v) is 1.59. The van der Waals surface area contributed by atoms with Crippen LogP contribution in [0.5, 0.6) is 0 Å². The Morgan fingerprint density at radius 2 is 2.00 bits per heavy atom. The summed E-state index contributed by atoms with van der Waals surface area (Å²) in [4.78, 5) is 10.9. The monoisotopic (exact) mass is 235 g/mol. The molecule has 0 spiro atoms. The number of carboxylic acids is 1. The number of hydrogen-bond donors (Lipinski definition) is 2. The molecule has 0 aliphatic heterocycles. The summed E-state index contributed by atoms with van der Waals surface area (Å²) in [5, 5.41) is 12.2. The predicted octanol–water partition coefficient (Wildman–Crippen LogP) is 2.24. The van der Waals surface area contributed by atoms with E-state index in [1.807, 2.05) is 12.1 Å². The van der Waals surface area contributed by atoms with Gasteiger partial charge >= 0.3 is 5.97 Å². The SMILES string of the molecule is Cc1ccccc1CCNCC(C)(C)C(=O)O. The summed E-state index contributed by atoms with van der Waals surface area (Å²) in [6.07, 6.45) is 0.933. The van der Waals surface area contributed by atoms with E-state index in [2.05, 4.69) is 24.4 Å². The molecule has 17 heavy (non-hydrogen) atoms. The molecule has 0 radical (unpaired) electrons. The number of nitrogens with one attached hydrogen (secondary N) is 1. The minimum absolute atomic E-state index is 0.494. The van der Waals surface area contributed by atoms with Crippen LogP contribution in [0.2, 0.25) is 0 Å². The highest BCUT2D eigenvalue weighted by Crippen LogP contribution is 2.13. The summed E-state index contributed by atoms with van der Waals surface area (Å²) >= 11 is 0. The van der Waals surface area contributed by atoms with Gasteiger partial charge in [-0.15, -0.1) is 0 Å². The van der Waals surface area contributed by atoms with Crippen LogP contribution in [-0.2, 0) is 11.2 Å². The Morgan fingerprint density at radius 3 is 2.59 bits per heavy atom. The van der Waals surface area contributed by atoms with Gasteiger partial charge in [0.25, 0.3) is 0 Å². The molecular formula is C14H21NO2. The van der Waals surface area contributed by atoms with Crippen LogP contribution in [0.3, 0.4) is 0 Å². The standard InChI is InChI=1S/C14H21NO2/c1-11-6-4-5-7-12(11)8-9-15-10-14(2,3)13(16)17/h4-7,15H,8-10H2,1-3H3,(H,16,17). The number of rotatable bonds is 6. The van der Waals surface area contributed by atoms with Crippen molar-refractivity contribution in [2.45, 2.75) is 27.2 Å². The highest BCUT2D eigenvalue weighted by atomic mass is 16.4. The van der Waals surface area contributed by atoms with Crippen molar-refractivity contribution in [1.29, 1.82) is 0 Å². The average Bonchev–Trinajstić information content (AvgIpc) is 2.26. The van der Waals surface area contributed by atoms with Crippen LogP contribution in [0.25, 0.3) is 0 Å². The number of aliphatic carboxylic acids is 1. The summed E-state index contributed by atoms with van der Waals surface area (Å²) in [5.41, 5.74) is 1.89. The summed E-state index contributed by atoms with van der Waals surface area (Å²) in [7, 11) is 0. The summed E-state index contributed by atoms with van der Waals surface area (Å²) in [6.45, 7) is 6.86. The Balaban J connectivity index is 2.35. The first kappa shape index (κ1) is 13.7. The minimum Gasteiger partial charge on any atom is -0.481 e. The zero-order chi connectivity index (χ0) is 12.9. The molecule has 0 saturated heterocycles. The van der Waals surface area contributed by atoms with Crippen molar-refractivity contribution in [2.75, 3.05) is 13.1 Å². The molecule has 3 heteroatoms. The maximum atomic E-state index is 10.9. The van der Waals surface area contributed by atoms with Crippen molar-refractivity contribution < 1.29 is 9.90 Å². The fourth-order valence-electron chi connectivity index (χ4n) is 1.59. The van der Waals surface area contributed by atoms with Crippen molar-refractivity contribution >= 4 is 5.97 Å². The first-order valence-electron chi connectivity index (χ1n) is 5.92. The Hall–Kier alpha value is -1.35. The van der Waals surface area contributed by atoms with Gasteiger partial charge < -0.3 is 10.4 Å². The van der Waals surface area contributed by atoms with Gasteiger partial charge in [-0.05, 0) is 44.9 Å². The van der Waals surface area contributed by atoms with Crippen LogP contribution >= 0.6 is 0 Å². The van der Waals surface area contributed by atoms with Crippen LogP contribution < -0.4 is 5.32 Å². The van der Waals surface area contributed by atoms with E-state index in [9.17, 15) is 4.79 Å². The fraction of sp³-hybridized carbons (Fsp3) is 0.500. The topological polar surface area (TPSA) is 49.3 Å². The van der Waals surface area contributed by atoms with Crippen LogP contribution in [-0.4, -0.2) is 24.2 Å². The molecule has 0 bridgehead atoms. The normalized spacial score (nSPS) is 11.5. The minimum atomic E-state index is -0.763. The lowest BCUT2D eigenvalue weighted by atomic mass is 9.94. The molecule has 1 aromatic rings. The average molecular weight is 235 g/mol. The zero-order valence-corrected chi connectivity index (χ0v) is 10.8. The Labute approximate surface area is 103 Å². The van der Waals surface area contributed by atoms with E-state index in [1.54, 1.807) is 13.8 Å². The van der Waals surface area contributed by atoms with Gasteiger partial charge in [-0.1, -0.05) is 24.3 Å². The van der Waals surface area contributed by atoms with Crippen molar-refractivity contribution in [3.05, 3.63) is 35.4 Å². The lowest BCUT2D eigenvalue weighted by Crippen LogP contribution is -2.36. The number of benzene rings is 1. The molecule has 94 valence electrons. The molecule has 0 fully saturated rings. The molecule has 0 aromatic heterocycles. The van der Waals surface area contributed by atoms with Gasteiger partial charge in [-0.25, -0.2) is 0 Å². The van der Waals surface area contributed by atoms with Crippen molar-refractivity contribution in [3.8, 4) is 0 Å². The van der Waals surface area contributed by atoms with Gasteiger partial charge in [0.1, 0.15) is 0 Å². The lowest BCUT2D eigenvalue weighted by Gasteiger charge is -2.19. The third-order valence-electron chi connectivity index (χ3n) is 2.98. The van der Waals surface area contributed by atoms with Gasteiger partial charge in [-0.2, -0.15) is 0 Å².